The quantitative estimate of drug-likeness (QED) is 0.634. The van der Waals surface area contributed by atoms with E-state index in [-0.39, 0.29) is 11.5 Å². The van der Waals surface area contributed by atoms with E-state index in [0.29, 0.717) is 25.1 Å². The molecule has 2 N–H and O–H groups in total. The molecular weight excluding hydrogens is 240 g/mol. The first-order valence-corrected chi connectivity index (χ1v) is 7.37. The van der Waals surface area contributed by atoms with Crippen LogP contribution < -0.4 is 10.6 Å². The lowest BCUT2D eigenvalue weighted by molar-refractivity contribution is 0.0879. The number of alkyl carbamates (subject to hydrolysis) is 1. The summed E-state index contributed by atoms with van der Waals surface area (Å²) >= 11 is 0. The van der Waals surface area contributed by atoms with E-state index in [4.69, 9.17) is 4.74 Å². The second-order valence-electron chi connectivity index (χ2n) is 6.73. The Labute approximate surface area is 118 Å². The van der Waals surface area contributed by atoms with Gasteiger partial charge in [0.2, 0.25) is 0 Å². The van der Waals surface area contributed by atoms with Crippen molar-refractivity contribution >= 4 is 6.09 Å². The average Bonchev–Trinajstić information content (AvgIpc) is 2.24. The molecule has 0 aliphatic heterocycles. The van der Waals surface area contributed by atoms with E-state index in [2.05, 4.69) is 52.2 Å². The molecule has 0 fully saturated rings. The third-order valence-electron chi connectivity index (χ3n) is 2.73. The van der Waals surface area contributed by atoms with Crippen molar-refractivity contribution in [2.75, 3.05) is 19.7 Å². The normalized spacial score (nSPS) is 12.0. The van der Waals surface area contributed by atoms with Gasteiger partial charge in [0.25, 0.3) is 0 Å². The second kappa shape index (κ2) is 9.18. The summed E-state index contributed by atoms with van der Waals surface area (Å²) in [7, 11) is 0. The van der Waals surface area contributed by atoms with Crippen molar-refractivity contribution in [1.29, 1.82) is 0 Å². The van der Waals surface area contributed by atoms with Crippen LogP contribution in [0.5, 0.6) is 0 Å². The molecule has 0 aromatic heterocycles. The Morgan fingerprint density at radius 3 is 2.32 bits per heavy atom. The summed E-state index contributed by atoms with van der Waals surface area (Å²) in [6.07, 6.45) is 1.67. The van der Waals surface area contributed by atoms with Crippen LogP contribution in [-0.2, 0) is 4.74 Å². The molecule has 0 unspecified atom stereocenters. The standard InChI is InChI=1S/C15H32N2O2/c1-12(2)10-15(5,6)11-19-14(18)17-9-7-8-16-13(3)4/h12-13,16H,7-11H2,1-6H3,(H,17,18). The molecule has 0 aliphatic rings. The molecule has 0 bridgehead atoms. The summed E-state index contributed by atoms with van der Waals surface area (Å²) in [5, 5.41) is 6.09. The van der Waals surface area contributed by atoms with Gasteiger partial charge in [-0.3, -0.25) is 0 Å². The Balaban J connectivity index is 3.64. The van der Waals surface area contributed by atoms with Gasteiger partial charge < -0.3 is 15.4 Å². The van der Waals surface area contributed by atoms with Crippen LogP contribution in [0.4, 0.5) is 4.79 Å². The molecule has 0 aromatic rings. The van der Waals surface area contributed by atoms with Gasteiger partial charge in [0.15, 0.2) is 0 Å². The fourth-order valence-electron chi connectivity index (χ4n) is 2.15. The van der Waals surface area contributed by atoms with Crippen molar-refractivity contribution in [3.63, 3.8) is 0 Å². The van der Waals surface area contributed by atoms with Gasteiger partial charge in [0, 0.05) is 12.6 Å². The summed E-state index contributed by atoms with van der Waals surface area (Å²) < 4.78 is 5.26. The Hall–Kier alpha value is -0.770. The van der Waals surface area contributed by atoms with Gasteiger partial charge in [-0.1, -0.05) is 41.5 Å². The van der Waals surface area contributed by atoms with Gasteiger partial charge in [0.1, 0.15) is 0 Å². The van der Waals surface area contributed by atoms with Crippen LogP contribution >= 0.6 is 0 Å². The number of hydrogen-bond acceptors (Lipinski definition) is 3. The lowest BCUT2D eigenvalue weighted by atomic mass is 9.85. The summed E-state index contributed by atoms with van der Waals surface area (Å²) in [5.41, 5.74) is 0.0463. The maximum Gasteiger partial charge on any atom is 0.407 e. The van der Waals surface area contributed by atoms with Crippen LogP contribution in [0.25, 0.3) is 0 Å². The molecule has 0 atom stereocenters. The summed E-state index contributed by atoms with van der Waals surface area (Å²) in [6, 6.07) is 0.490. The molecule has 19 heavy (non-hydrogen) atoms. The predicted molar refractivity (Wildman–Crippen MR) is 80.3 cm³/mol. The number of carbonyl (C=O) groups is 1. The minimum Gasteiger partial charge on any atom is -0.449 e. The van der Waals surface area contributed by atoms with Gasteiger partial charge in [-0.2, -0.15) is 0 Å². The second-order valence-corrected chi connectivity index (χ2v) is 6.73. The molecule has 0 rings (SSSR count). The van der Waals surface area contributed by atoms with Gasteiger partial charge in [-0.15, -0.1) is 0 Å². The van der Waals surface area contributed by atoms with Crippen LogP contribution in [0.15, 0.2) is 0 Å². The number of amides is 1. The first kappa shape index (κ1) is 18.2. The monoisotopic (exact) mass is 272 g/mol. The van der Waals surface area contributed by atoms with Crippen molar-refractivity contribution in [3.05, 3.63) is 0 Å². The third kappa shape index (κ3) is 12.0. The van der Waals surface area contributed by atoms with Crippen molar-refractivity contribution in [1.82, 2.24) is 10.6 Å². The van der Waals surface area contributed by atoms with Gasteiger partial charge in [-0.25, -0.2) is 4.79 Å². The molecule has 0 aromatic carbocycles. The van der Waals surface area contributed by atoms with E-state index in [9.17, 15) is 4.79 Å². The molecule has 0 saturated carbocycles. The van der Waals surface area contributed by atoms with E-state index in [0.717, 1.165) is 19.4 Å². The van der Waals surface area contributed by atoms with Gasteiger partial charge in [0.05, 0.1) is 6.61 Å². The highest BCUT2D eigenvalue weighted by atomic mass is 16.5. The highest BCUT2D eigenvalue weighted by Crippen LogP contribution is 2.25. The van der Waals surface area contributed by atoms with E-state index in [1.165, 1.54) is 0 Å². The average molecular weight is 272 g/mol. The SMILES string of the molecule is CC(C)CC(C)(C)COC(=O)NCCCNC(C)C. The smallest absolute Gasteiger partial charge is 0.407 e. The van der Waals surface area contributed by atoms with Crippen LogP contribution in [0.2, 0.25) is 0 Å². The molecule has 0 aliphatic carbocycles. The number of ether oxygens (including phenoxy) is 1. The minimum absolute atomic E-state index is 0.0463. The molecule has 0 radical (unpaired) electrons. The number of nitrogens with one attached hydrogen (secondary N) is 2. The van der Waals surface area contributed by atoms with Crippen LogP contribution in [0.1, 0.15) is 54.4 Å². The Kier molecular flexibility index (Phi) is 8.81. The molecule has 4 heteroatoms. The maximum atomic E-state index is 11.5. The minimum atomic E-state index is -0.304. The Morgan fingerprint density at radius 2 is 1.79 bits per heavy atom. The summed E-state index contributed by atoms with van der Waals surface area (Å²) in [5.74, 6) is 0.615. The van der Waals surface area contributed by atoms with Gasteiger partial charge in [-0.05, 0) is 30.7 Å². The lowest BCUT2D eigenvalue weighted by Crippen LogP contribution is -2.32. The lowest BCUT2D eigenvalue weighted by Gasteiger charge is -2.26. The molecule has 0 saturated heterocycles. The third-order valence-corrected chi connectivity index (χ3v) is 2.73. The zero-order chi connectivity index (χ0) is 14.9. The zero-order valence-electron chi connectivity index (χ0n) is 13.5. The molecule has 1 amide bonds. The molecule has 114 valence electrons. The topological polar surface area (TPSA) is 50.4 Å². The summed E-state index contributed by atoms with van der Waals surface area (Å²) in [6.45, 7) is 14.9. The molecule has 4 nitrogen and oxygen atoms in total. The first-order valence-electron chi connectivity index (χ1n) is 7.37. The fraction of sp³-hybridized carbons (Fsp3) is 0.933. The first-order chi connectivity index (χ1) is 8.73. The summed E-state index contributed by atoms with van der Waals surface area (Å²) in [4.78, 5) is 11.5. The maximum absolute atomic E-state index is 11.5. The fourth-order valence-corrected chi connectivity index (χ4v) is 2.15. The number of rotatable bonds is 9. The van der Waals surface area contributed by atoms with E-state index < -0.39 is 0 Å². The number of carbonyl (C=O) groups excluding carboxylic acids is 1. The van der Waals surface area contributed by atoms with Crippen molar-refractivity contribution < 1.29 is 9.53 Å². The Morgan fingerprint density at radius 1 is 1.16 bits per heavy atom. The number of hydrogen-bond donors (Lipinski definition) is 2. The van der Waals surface area contributed by atoms with E-state index >= 15 is 0 Å². The predicted octanol–water partition coefficient (Wildman–Crippen LogP) is 3.17. The highest BCUT2D eigenvalue weighted by molar-refractivity contribution is 5.67. The van der Waals surface area contributed by atoms with Gasteiger partial charge >= 0.3 is 6.09 Å². The van der Waals surface area contributed by atoms with Crippen molar-refractivity contribution in [2.24, 2.45) is 11.3 Å². The van der Waals surface area contributed by atoms with Crippen LogP contribution in [0.3, 0.4) is 0 Å². The van der Waals surface area contributed by atoms with E-state index in [1.807, 2.05) is 0 Å². The zero-order valence-corrected chi connectivity index (χ0v) is 13.5. The largest absolute Gasteiger partial charge is 0.449 e. The van der Waals surface area contributed by atoms with Crippen LogP contribution in [-0.4, -0.2) is 31.8 Å². The molecular formula is C15H32N2O2. The van der Waals surface area contributed by atoms with E-state index in [1.54, 1.807) is 0 Å². The van der Waals surface area contributed by atoms with Crippen molar-refractivity contribution in [2.45, 2.75) is 60.4 Å². The van der Waals surface area contributed by atoms with Crippen LogP contribution in [0, 0.1) is 11.3 Å². The highest BCUT2D eigenvalue weighted by Gasteiger charge is 2.21. The Bertz CT molecular complexity index is 251. The molecule has 0 heterocycles. The van der Waals surface area contributed by atoms with Crippen molar-refractivity contribution in [3.8, 4) is 0 Å². The molecule has 0 spiro atoms.